The van der Waals surface area contributed by atoms with Crippen LogP contribution in [0.5, 0.6) is 17.2 Å². The van der Waals surface area contributed by atoms with E-state index in [9.17, 15) is 9.59 Å². The number of hydrazine groups is 1. The predicted octanol–water partition coefficient (Wildman–Crippen LogP) is 3.87. The number of hydrogen-bond acceptors (Lipinski definition) is 5. The lowest BCUT2D eigenvalue weighted by atomic mass is 10.2. The number of amides is 2. The Morgan fingerprint density at radius 2 is 1.64 bits per heavy atom. The van der Waals surface area contributed by atoms with E-state index >= 15 is 0 Å². The van der Waals surface area contributed by atoms with E-state index in [2.05, 4.69) is 10.9 Å². The lowest BCUT2D eigenvalue weighted by Crippen LogP contribution is -2.41. The van der Waals surface area contributed by atoms with Crippen LogP contribution in [0.3, 0.4) is 0 Å². The van der Waals surface area contributed by atoms with Crippen molar-refractivity contribution in [2.45, 2.75) is 13.3 Å². The number of methoxy groups -OCH3 is 2. The fourth-order valence-electron chi connectivity index (χ4n) is 2.31. The van der Waals surface area contributed by atoms with Crippen molar-refractivity contribution < 1.29 is 23.8 Å². The molecule has 0 aliphatic heterocycles. The summed E-state index contributed by atoms with van der Waals surface area (Å²) < 4.78 is 15.9. The van der Waals surface area contributed by atoms with Crippen molar-refractivity contribution in [3.63, 3.8) is 0 Å². The molecule has 2 N–H and O–H groups in total. The van der Waals surface area contributed by atoms with Crippen LogP contribution in [0.2, 0.25) is 10.0 Å². The fourth-order valence-corrected chi connectivity index (χ4v) is 2.74. The van der Waals surface area contributed by atoms with Crippen LogP contribution in [0.4, 0.5) is 0 Å². The molecule has 2 aromatic carbocycles. The van der Waals surface area contributed by atoms with Crippen LogP contribution in [0.25, 0.3) is 0 Å². The number of nitrogens with one attached hydrogen (secondary N) is 2. The highest BCUT2D eigenvalue weighted by molar-refractivity contribution is 6.32. The van der Waals surface area contributed by atoms with Crippen LogP contribution in [0.15, 0.2) is 30.3 Å². The molecule has 0 spiro atoms. The summed E-state index contributed by atoms with van der Waals surface area (Å²) in [5, 5.41) is 0.581. The second kappa shape index (κ2) is 10.1. The van der Waals surface area contributed by atoms with Crippen LogP contribution >= 0.6 is 23.2 Å². The molecular formula is C19H20Cl2N2O5. The molecule has 7 nitrogen and oxygen atoms in total. The van der Waals surface area contributed by atoms with Gasteiger partial charge in [0.2, 0.25) is 0 Å². The zero-order valence-electron chi connectivity index (χ0n) is 15.6. The Bertz CT molecular complexity index is 874. The van der Waals surface area contributed by atoms with Gasteiger partial charge in [-0.15, -0.1) is 0 Å². The van der Waals surface area contributed by atoms with Gasteiger partial charge in [0.1, 0.15) is 5.75 Å². The van der Waals surface area contributed by atoms with Crippen LogP contribution < -0.4 is 25.1 Å². The molecule has 2 amide bonds. The SMILES string of the molecule is CCCOc1c(Cl)cc(C(=O)NNC(=O)c2cc(Cl)ccc2OC)cc1OC. The minimum absolute atomic E-state index is 0.175. The average molecular weight is 427 g/mol. The third kappa shape index (κ3) is 5.21. The highest BCUT2D eigenvalue weighted by Crippen LogP contribution is 2.36. The number of halogens is 2. The molecule has 150 valence electrons. The lowest BCUT2D eigenvalue weighted by Gasteiger charge is -2.14. The Hall–Kier alpha value is -2.64. The van der Waals surface area contributed by atoms with Gasteiger partial charge < -0.3 is 14.2 Å². The molecule has 0 saturated heterocycles. The van der Waals surface area contributed by atoms with E-state index in [1.165, 1.54) is 32.4 Å². The molecule has 2 aromatic rings. The molecule has 0 radical (unpaired) electrons. The van der Waals surface area contributed by atoms with Gasteiger partial charge in [-0.05, 0) is 36.8 Å². The summed E-state index contributed by atoms with van der Waals surface area (Å²) in [5.41, 5.74) is 4.99. The largest absolute Gasteiger partial charge is 0.496 e. The maximum Gasteiger partial charge on any atom is 0.273 e. The first-order valence-electron chi connectivity index (χ1n) is 8.35. The van der Waals surface area contributed by atoms with E-state index in [-0.39, 0.29) is 16.1 Å². The maximum atomic E-state index is 12.4. The van der Waals surface area contributed by atoms with E-state index in [4.69, 9.17) is 37.4 Å². The van der Waals surface area contributed by atoms with Crippen LogP contribution in [0.1, 0.15) is 34.1 Å². The van der Waals surface area contributed by atoms with Crippen LogP contribution in [0, 0.1) is 0 Å². The van der Waals surface area contributed by atoms with E-state index in [1.807, 2.05) is 6.92 Å². The molecule has 28 heavy (non-hydrogen) atoms. The van der Waals surface area contributed by atoms with Gasteiger partial charge in [-0.2, -0.15) is 0 Å². The Morgan fingerprint density at radius 1 is 0.964 bits per heavy atom. The van der Waals surface area contributed by atoms with E-state index in [0.29, 0.717) is 28.9 Å². The third-order valence-corrected chi connectivity index (χ3v) is 4.15. The average Bonchev–Trinajstić information content (AvgIpc) is 2.70. The Morgan fingerprint density at radius 3 is 2.29 bits per heavy atom. The normalized spacial score (nSPS) is 10.2. The molecular weight excluding hydrogens is 407 g/mol. The van der Waals surface area contributed by atoms with Crippen molar-refractivity contribution in [2.75, 3.05) is 20.8 Å². The lowest BCUT2D eigenvalue weighted by molar-refractivity contribution is 0.0844. The molecule has 9 heteroatoms. The van der Waals surface area contributed by atoms with Crippen molar-refractivity contribution in [1.82, 2.24) is 10.9 Å². The Labute approximate surface area is 172 Å². The molecule has 2 rings (SSSR count). The molecule has 0 atom stereocenters. The van der Waals surface area contributed by atoms with E-state index < -0.39 is 11.8 Å². The summed E-state index contributed by atoms with van der Waals surface area (Å²) in [4.78, 5) is 24.7. The molecule has 0 bridgehead atoms. The van der Waals surface area contributed by atoms with E-state index in [1.54, 1.807) is 12.1 Å². The summed E-state index contributed by atoms with van der Waals surface area (Å²) in [7, 11) is 2.87. The summed E-state index contributed by atoms with van der Waals surface area (Å²) in [6.07, 6.45) is 0.792. The monoisotopic (exact) mass is 426 g/mol. The second-order valence-electron chi connectivity index (χ2n) is 5.59. The Kier molecular flexibility index (Phi) is 7.78. The van der Waals surface area contributed by atoms with E-state index in [0.717, 1.165) is 6.42 Å². The summed E-state index contributed by atoms with van der Waals surface area (Å²) in [6, 6.07) is 7.47. The van der Waals surface area contributed by atoms with Crippen molar-refractivity contribution in [1.29, 1.82) is 0 Å². The van der Waals surface area contributed by atoms with Gasteiger partial charge in [-0.25, -0.2) is 0 Å². The van der Waals surface area contributed by atoms with Crippen LogP contribution in [-0.4, -0.2) is 32.6 Å². The van der Waals surface area contributed by atoms with Gasteiger partial charge in [0.05, 0.1) is 31.4 Å². The Balaban J connectivity index is 2.14. The molecule has 0 unspecified atom stereocenters. The highest BCUT2D eigenvalue weighted by Gasteiger charge is 2.18. The summed E-state index contributed by atoms with van der Waals surface area (Å²) in [5.74, 6) is -0.187. The third-order valence-electron chi connectivity index (χ3n) is 3.64. The number of carbonyl (C=O) groups excluding carboxylic acids is 2. The summed E-state index contributed by atoms with van der Waals surface area (Å²) in [6.45, 7) is 2.42. The predicted molar refractivity (Wildman–Crippen MR) is 107 cm³/mol. The van der Waals surface area contributed by atoms with Gasteiger partial charge in [-0.3, -0.25) is 20.4 Å². The number of carbonyl (C=O) groups is 2. The first-order chi connectivity index (χ1) is 13.4. The van der Waals surface area contributed by atoms with Gasteiger partial charge in [0.15, 0.2) is 11.5 Å². The zero-order chi connectivity index (χ0) is 20.7. The van der Waals surface area contributed by atoms with Gasteiger partial charge in [0, 0.05) is 10.6 Å². The molecule has 0 fully saturated rings. The van der Waals surface area contributed by atoms with Crippen molar-refractivity contribution in [3.05, 3.63) is 51.5 Å². The smallest absolute Gasteiger partial charge is 0.273 e. The standard InChI is InChI=1S/C19H20Cl2N2O5/c1-4-7-28-17-14(21)8-11(9-16(17)27-3)18(24)22-23-19(25)13-10-12(20)5-6-15(13)26-2/h5-6,8-10H,4,7H2,1-3H3,(H,22,24)(H,23,25). The summed E-state index contributed by atoms with van der Waals surface area (Å²) >= 11 is 12.1. The maximum absolute atomic E-state index is 12.4. The van der Waals surface area contributed by atoms with Crippen molar-refractivity contribution >= 4 is 35.0 Å². The topological polar surface area (TPSA) is 85.9 Å². The van der Waals surface area contributed by atoms with Crippen molar-refractivity contribution in [3.8, 4) is 17.2 Å². The van der Waals surface area contributed by atoms with Crippen LogP contribution in [-0.2, 0) is 0 Å². The molecule has 0 saturated carbocycles. The highest BCUT2D eigenvalue weighted by atomic mass is 35.5. The molecule has 0 aliphatic rings. The fraction of sp³-hybridized carbons (Fsp3) is 0.263. The first-order valence-corrected chi connectivity index (χ1v) is 9.11. The minimum Gasteiger partial charge on any atom is -0.496 e. The number of rotatable bonds is 7. The first kappa shape index (κ1) is 21.7. The van der Waals surface area contributed by atoms with Gasteiger partial charge >= 0.3 is 0 Å². The number of benzene rings is 2. The zero-order valence-corrected chi connectivity index (χ0v) is 17.1. The molecule has 0 aromatic heterocycles. The number of hydrogen-bond donors (Lipinski definition) is 2. The van der Waals surface area contributed by atoms with Crippen molar-refractivity contribution in [2.24, 2.45) is 0 Å². The van der Waals surface area contributed by atoms with Gasteiger partial charge in [0.25, 0.3) is 11.8 Å². The quantitative estimate of drug-likeness (QED) is 0.656. The molecule has 0 heterocycles. The van der Waals surface area contributed by atoms with Gasteiger partial charge in [-0.1, -0.05) is 30.1 Å². The minimum atomic E-state index is -0.589. The molecule has 0 aliphatic carbocycles. The second-order valence-corrected chi connectivity index (χ2v) is 6.43. The number of ether oxygens (including phenoxy) is 3.